The molecule has 8 heteroatoms. The molecule has 1 aliphatic rings. The average Bonchev–Trinajstić information content (AvgIpc) is 3.18. The van der Waals surface area contributed by atoms with Crippen LogP contribution in [-0.2, 0) is 4.79 Å². The van der Waals surface area contributed by atoms with Crippen molar-refractivity contribution in [1.29, 1.82) is 0 Å². The van der Waals surface area contributed by atoms with E-state index in [4.69, 9.17) is 4.74 Å². The second-order valence-corrected chi connectivity index (χ2v) is 9.90. The fourth-order valence-corrected chi connectivity index (χ4v) is 5.18. The maximum atomic E-state index is 12.5. The Morgan fingerprint density at radius 3 is 2.59 bits per heavy atom. The monoisotopic (exact) mass is 434 g/mol. The number of amides is 1. The molecule has 0 saturated heterocycles. The van der Waals surface area contributed by atoms with E-state index in [-0.39, 0.29) is 17.9 Å². The number of benzene rings is 1. The van der Waals surface area contributed by atoms with Crippen LogP contribution in [0.4, 0.5) is 5.13 Å². The predicted octanol–water partition coefficient (Wildman–Crippen LogP) is 4.90. The maximum absolute atomic E-state index is 12.5. The molecule has 158 valence electrons. The predicted molar refractivity (Wildman–Crippen MR) is 120 cm³/mol. The van der Waals surface area contributed by atoms with E-state index < -0.39 is 0 Å². The van der Waals surface area contributed by atoms with Crippen molar-refractivity contribution in [2.24, 2.45) is 5.92 Å². The number of hydrogen-bond acceptors (Lipinski definition) is 7. The SMILES string of the molecule is COc1ccc(C(NC(=O)CSc2nnc(NC3CCCCC3)s2)C(C)C)cc1. The molecule has 0 spiro atoms. The second kappa shape index (κ2) is 10.8. The van der Waals surface area contributed by atoms with Gasteiger partial charge in [-0.2, -0.15) is 0 Å². The van der Waals surface area contributed by atoms with Gasteiger partial charge in [0.25, 0.3) is 0 Å². The number of aromatic nitrogens is 2. The van der Waals surface area contributed by atoms with Gasteiger partial charge in [0, 0.05) is 6.04 Å². The number of ether oxygens (including phenoxy) is 1. The second-order valence-electron chi connectivity index (χ2n) is 7.70. The maximum Gasteiger partial charge on any atom is 0.230 e. The summed E-state index contributed by atoms with van der Waals surface area (Å²) in [5.74, 6) is 1.43. The number of anilines is 1. The van der Waals surface area contributed by atoms with E-state index in [2.05, 4.69) is 34.7 Å². The van der Waals surface area contributed by atoms with E-state index in [0.717, 1.165) is 20.8 Å². The summed E-state index contributed by atoms with van der Waals surface area (Å²) >= 11 is 2.97. The number of nitrogens with one attached hydrogen (secondary N) is 2. The van der Waals surface area contributed by atoms with Gasteiger partial charge in [0.05, 0.1) is 18.9 Å². The first-order valence-electron chi connectivity index (χ1n) is 10.2. The lowest BCUT2D eigenvalue weighted by atomic mass is 9.96. The summed E-state index contributed by atoms with van der Waals surface area (Å²) in [6.07, 6.45) is 6.30. The first-order chi connectivity index (χ1) is 14.0. The van der Waals surface area contributed by atoms with Crippen molar-refractivity contribution in [3.05, 3.63) is 29.8 Å². The Balaban J connectivity index is 1.50. The Bertz CT molecular complexity index is 773. The molecule has 2 N–H and O–H groups in total. The molecule has 1 aliphatic carbocycles. The van der Waals surface area contributed by atoms with E-state index >= 15 is 0 Å². The third-order valence-electron chi connectivity index (χ3n) is 5.12. The van der Waals surface area contributed by atoms with Crippen molar-refractivity contribution >= 4 is 34.1 Å². The van der Waals surface area contributed by atoms with E-state index in [1.807, 2.05) is 24.3 Å². The summed E-state index contributed by atoms with van der Waals surface area (Å²) in [4.78, 5) is 12.5. The van der Waals surface area contributed by atoms with Crippen molar-refractivity contribution in [2.45, 2.75) is 62.4 Å². The lowest BCUT2D eigenvalue weighted by Gasteiger charge is -2.23. The molecule has 1 saturated carbocycles. The summed E-state index contributed by atoms with van der Waals surface area (Å²) in [5.41, 5.74) is 1.08. The summed E-state index contributed by atoms with van der Waals surface area (Å²) < 4.78 is 6.04. The van der Waals surface area contributed by atoms with Crippen LogP contribution in [0.2, 0.25) is 0 Å². The fourth-order valence-electron chi connectivity index (χ4n) is 3.54. The zero-order chi connectivity index (χ0) is 20.6. The van der Waals surface area contributed by atoms with Gasteiger partial charge in [0.15, 0.2) is 4.34 Å². The zero-order valence-electron chi connectivity index (χ0n) is 17.3. The van der Waals surface area contributed by atoms with Crippen molar-refractivity contribution < 1.29 is 9.53 Å². The van der Waals surface area contributed by atoms with Gasteiger partial charge in [-0.3, -0.25) is 4.79 Å². The van der Waals surface area contributed by atoms with E-state index in [1.165, 1.54) is 55.2 Å². The third kappa shape index (κ3) is 6.60. The van der Waals surface area contributed by atoms with Gasteiger partial charge < -0.3 is 15.4 Å². The van der Waals surface area contributed by atoms with Gasteiger partial charge in [-0.1, -0.05) is 68.3 Å². The quantitative estimate of drug-likeness (QED) is 0.547. The molecule has 1 aromatic heterocycles. The Morgan fingerprint density at radius 1 is 1.21 bits per heavy atom. The molecular weight excluding hydrogens is 404 g/mol. The molecular formula is C21H30N4O2S2. The molecule has 0 bridgehead atoms. The molecule has 1 fully saturated rings. The van der Waals surface area contributed by atoms with Gasteiger partial charge in [-0.15, -0.1) is 10.2 Å². The minimum Gasteiger partial charge on any atom is -0.497 e. The van der Waals surface area contributed by atoms with Gasteiger partial charge in [-0.25, -0.2) is 0 Å². The van der Waals surface area contributed by atoms with Crippen LogP contribution in [0.5, 0.6) is 5.75 Å². The first-order valence-corrected chi connectivity index (χ1v) is 12.0. The highest BCUT2D eigenvalue weighted by atomic mass is 32.2. The van der Waals surface area contributed by atoms with E-state index in [9.17, 15) is 4.79 Å². The van der Waals surface area contributed by atoms with Crippen LogP contribution < -0.4 is 15.4 Å². The lowest BCUT2D eigenvalue weighted by molar-refractivity contribution is -0.119. The minimum atomic E-state index is -0.0352. The number of carbonyl (C=O) groups is 1. The number of methoxy groups -OCH3 is 1. The molecule has 1 unspecified atom stereocenters. The fraction of sp³-hybridized carbons (Fsp3) is 0.571. The smallest absolute Gasteiger partial charge is 0.230 e. The van der Waals surface area contributed by atoms with Crippen LogP contribution in [0, 0.1) is 5.92 Å². The topological polar surface area (TPSA) is 76.1 Å². The number of thioether (sulfide) groups is 1. The van der Waals surface area contributed by atoms with E-state index in [0.29, 0.717) is 11.8 Å². The van der Waals surface area contributed by atoms with Gasteiger partial charge in [-0.05, 0) is 36.5 Å². The lowest BCUT2D eigenvalue weighted by Crippen LogP contribution is -2.32. The normalized spacial score (nSPS) is 15.9. The Hall–Kier alpha value is -1.80. The van der Waals surface area contributed by atoms with Crippen LogP contribution in [0.25, 0.3) is 0 Å². The molecule has 29 heavy (non-hydrogen) atoms. The molecule has 0 aliphatic heterocycles. The molecule has 1 heterocycles. The molecule has 6 nitrogen and oxygen atoms in total. The van der Waals surface area contributed by atoms with Crippen molar-refractivity contribution in [3.63, 3.8) is 0 Å². The molecule has 0 radical (unpaired) electrons. The van der Waals surface area contributed by atoms with Crippen LogP contribution in [0.1, 0.15) is 57.6 Å². The van der Waals surface area contributed by atoms with Crippen LogP contribution in [-0.4, -0.2) is 35.0 Å². The Morgan fingerprint density at radius 2 is 1.93 bits per heavy atom. The molecule has 2 aromatic rings. The van der Waals surface area contributed by atoms with Crippen LogP contribution >= 0.6 is 23.1 Å². The van der Waals surface area contributed by atoms with E-state index in [1.54, 1.807) is 7.11 Å². The summed E-state index contributed by atoms with van der Waals surface area (Å²) in [5, 5.41) is 16.0. The Kier molecular flexibility index (Phi) is 8.18. The third-order valence-corrected chi connectivity index (χ3v) is 7.11. The van der Waals surface area contributed by atoms with Crippen molar-refractivity contribution in [1.82, 2.24) is 15.5 Å². The first kappa shape index (κ1) is 21.9. The van der Waals surface area contributed by atoms with Crippen LogP contribution in [0.15, 0.2) is 28.6 Å². The van der Waals surface area contributed by atoms with Gasteiger partial charge in [0.1, 0.15) is 5.75 Å². The number of carbonyl (C=O) groups excluding carboxylic acids is 1. The molecule has 1 aromatic carbocycles. The highest BCUT2D eigenvalue weighted by Crippen LogP contribution is 2.29. The highest BCUT2D eigenvalue weighted by Gasteiger charge is 2.19. The van der Waals surface area contributed by atoms with Gasteiger partial charge in [0.2, 0.25) is 11.0 Å². The van der Waals surface area contributed by atoms with Crippen LogP contribution in [0.3, 0.4) is 0 Å². The molecule has 1 amide bonds. The number of nitrogens with zero attached hydrogens (tertiary/aromatic N) is 2. The number of rotatable bonds is 9. The Labute approximate surface area is 181 Å². The van der Waals surface area contributed by atoms with Gasteiger partial charge >= 0.3 is 0 Å². The summed E-state index contributed by atoms with van der Waals surface area (Å²) in [6.45, 7) is 4.21. The zero-order valence-corrected chi connectivity index (χ0v) is 18.9. The highest BCUT2D eigenvalue weighted by molar-refractivity contribution is 8.01. The number of hydrogen-bond donors (Lipinski definition) is 2. The average molecular weight is 435 g/mol. The molecule has 3 rings (SSSR count). The summed E-state index contributed by atoms with van der Waals surface area (Å²) in [6, 6.07) is 8.33. The molecule has 1 atom stereocenters. The minimum absolute atomic E-state index is 0.00140. The largest absolute Gasteiger partial charge is 0.497 e. The van der Waals surface area contributed by atoms with Crippen molar-refractivity contribution in [3.8, 4) is 5.75 Å². The summed E-state index contributed by atoms with van der Waals surface area (Å²) in [7, 11) is 1.65. The standard InChI is InChI=1S/C21H30N4O2S2/c1-14(2)19(15-9-11-17(27-3)12-10-15)23-18(26)13-28-21-25-24-20(29-21)22-16-7-5-4-6-8-16/h9-12,14,16,19H,4-8,13H2,1-3H3,(H,22,24)(H,23,26). The van der Waals surface area contributed by atoms with Crippen molar-refractivity contribution in [2.75, 3.05) is 18.2 Å².